The lowest BCUT2D eigenvalue weighted by Crippen LogP contribution is -2.47. The molecule has 2 aliphatic rings. The van der Waals surface area contributed by atoms with Crippen LogP contribution in [0.2, 0.25) is 0 Å². The summed E-state index contributed by atoms with van der Waals surface area (Å²) in [5.41, 5.74) is 3.14. The molecule has 28 heavy (non-hydrogen) atoms. The van der Waals surface area contributed by atoms with Crippen LogP contribution in [0.3, 0.4) is 0 Å². The van der Waals surface area contributed by atoms with Gasteiger partial charge in [-0.15, -0.1) is 0 Å². The first kappa shape index (κ1) is 17.9. The lowest BCUT2D eigenvalue weighted by molar-refractivity contribution is -0.116. The van der Waals surface area contributed by atoms with E-state index >= 15 is 0 Å². The van der Waals surface area contributed by atoms with Gasteiger partial charge in [-0.05, 0) is 47.3 Å². The highest BCUT2D eigenvalue weighted by Crippen LogP contribution is 2.32. The number of rotatable bonds is 4. The van der Waals surface area contributed by atoms with Crippen LogP contribution in [0.5, 0.6) is 0 Å². The minimum absolute atomic E-state index is 0.0421. The molecule has 2 aromatic carbocycles. The molecule has 3 heterocycles. The van der Waals surface area contributed by atoms with E-state index in [1.54, 1.807) is 11.5 Å². The fourth-order valence-corrected chi connectivity index (χ4v) is 5.09. The van der Waals surface area contributed by atoms with E-state index in [-0.39, 0.29) is 5.91 Å². The van der Waals surface area contributed by atoms with Crippen LogP contribution >= 0.6 is 23.3 Å². The number of hydrogen-bond donors (Lipinski definition) is 0. The van der Waals surface area contributed by atoms with Gasteiger partial charge in [-0.2, -0.15) is 4.37 Å². The average Bonchev–Trinajstić information content (AvgIpc) is 3.28. The van der Waals surface area contributed by atoms with Crippen LogP contribution in [0, 0.1) is 0 Å². The van der Waals surface area contributed by atoms with Crippen LogP contribution in [0.25, 0.3) is 10.1 Å². The molecule has 5 nitrogen and oxygen atoms in total. The first-order chi connectivity index (χ1) is 13.7. The van der Waals surface area contributed by atoms with Gasteiger partial charge >= 0.3 is 0 Å². The quantitative estimate of drug-likeness (QED) is 0.612. The van der Waals surface area contributed by atoms with Gasteiger partial charge in [0.1, 0.15) is 5.82 Å². The lowest BCUT2D eigenvalue weighted by atomic mass is 10.1. The summed E-state index contributed by atoms with van der Waals surface area (Å²) in [4.78, 5) is 16.7. The summed E-state index contributed by atoms with van der Waals surface area (Å²) in [6, 6.07) is 14.7. The number of halogens is 1. The standard InChI is InChI=1S/C21H21ClN4OS/c22-26-18-6-5-15(13-16(18)14-20(26)27)7-8-24-9-11-25(12-10-24)21-17-3-1-2-4-19(17)28-23-21/h1-6,13H,7-12,14H2. The van der Waals surface area contributed by atoms with E-state index in [4.69, 9.17) is 11.8 Å². The topological polar surface area (TPSA) is 39.7 Å². The monoisotopic (exact) mass is 412 g/mol. The van der Waals surface area contributed by atoms with E-state index in [9.17, 15) is 4.79 Å². The second-order valence-electron chi connectivity index (χ2n) is 7.40. The summed E-state index contributed by atoms with van der Waals surface area (Å²) in [6.45, 7) is 5.14. The number of carbonyl (C=O) groups excluding carboxylic acids is 1. The van der Waals surface area contributed by atoms with Crippen LogP contribution < -0.4 is 9.32 Å². The molecule has 0 aliphatic carbocycles. The Morgan fingerprint density at radius 2 is 1.89 bits per heavy atom. The molecule has 0 atom stereocenters. The Morgan fingerprint density at radius 1 is 1.07 bits per heavy atom. The third-order valence-corrected chi connectivity index (χ3v) is 6.85. The van der Waals surface area contributed by atoms with Crippen molar-refractivity contribution in [2.45, 2.75) is 12.8 Å². The lowest BCUT2D eigenvalue weighted by Gasteiger charge is -2.35. The van der Waals surface area contributed by atoms with E-state index in [2.05, 4.69) is 50.6 Å². The molecule has 0 unspecified atom stereocenters. The summed E-state index contributed by atoms with van der Waals surface area (Å²) < 4.78 is 7.18. The van der Waals surface area contributed by atoms with Crippen molar-refractivity contribution in [3.05, 3.63) is 53.6 Å². The summed E-state index contributed by atoms with van der Waals surface area (Å²) in [5.74, 6) is 1.09. The number of hydrogen-bond acceptors (Lipinski definition) is 5. The molecule has 0 radical (unpaired) electrons. The number of aromatic nitrogens is 1. The Bertz CT molecular complexity index is 1030. The average molecular weight is 413 g/mol. The third kappa shape index (κ3) is 3.26. The maximum Gasteiger partial charge on any atom is 0.246 e. The number of piperazine rings is 1. The molecule has 0 N–H and O–H groups in total. The number of anilines is 2. The molecule has 1 aromatic heterocycles. The van der Waals surface area contributed by atoms with E-state index in [0.717, 1.165) is 56.2 Å². The second kappa shape index (κ2) is 7.35. The number of carbonyl (C=O) groups is 1. The Morgan fingerprint density at radius 3 is 2.75 bits per heavy atom. The Balaban J connectivity index is 1.18. The van der Waals surface area contributed by atoms with Crippen molar-refractivity contribution in [3.63, 3.8) is 0 Å². The van der Waals surface area contributed by atoms with Gasteiger partial charge in [-0.3, -0.25) is 9.69 Å². The molecular formula is C21H21ClN4OS. The van der Waals surface area contributed by atoms with Crippen LogP contribution in [0.15, 0.2) is 42.5 Å². The molecule has 0 spiro atoms. The van der Waals surface area contributed by atoms with Crippen LogP contribution in [-0.4, -0.2) is 47.9 Å². The molecule has 1 amide bonds. The smallest absolute Gasteiger partial charge is 0.246 e. The zero-order chi connectivity index (χ0) is 19.1. The predicted molar refractivity (Wildman–Crippen MR) is 115 cm³/mol. The molecule has 5 rings (SSSR count). The minimum Gasteiger partial charge on any atom is -0.353 e. The summed E-state index contributed by atoms with van der Waals surface area (Å²) >= 11 is 7.59. The van der Waals surface area contributed by atoms with Crippen LogP contribution in [0.4, 0.5) is 11.5 Å². The molecule has 1 saturated heterocycles. The summed E-state index contributed by atoms with van der Waals surface area (Å²) in [7, 11) is 0. The van der Waals surface area contributed by atoms with Crippen molar-refractivity contribution in [1.82, 2.24) is 9.27 Å². The molecule has 3 aromatic rings. The van der Waals surface area contributed by atoms with Crippen molar-refractivity contribution in [2.75, 3.05) is 42.0 Å². The molecule has 0 bridgehead atoms. The zero-order valence-electron chi connectivity index (χ0n) is 15.5. The normalized spacial score (nSPS) is 17.5. The van der Waals surface area contributed by atoms with Gasteiger partial charge in [0.15, 0.2) is 0 Å². The van der Waals surface area contributed by atoms with Crippen molar-refractivity contribution in [3.8, 4) is 0 Å². The molecule has 2 aliphatic heterocycles. The number of benzene rings is 2. The fourth-order valence-electron chi connectivity index (χ4n) is 4.07. The van der Waals surface area contributed by atoms with Gasteiger partial charge in [-0.1, -0.05) is 24.3 Å². The summed E-state index contributed by atoms with van der Waals surface area (Å²) in [5, 5.41) is 1.27. The highest BCUT2D eigenvalue weighted by Gasteiger charge is 2.26. The van der Waals surface area contributed by atoms with Gasteiger partial charge in [-0.25, -0.2) is 4.42 Å². The van der Waals surface area contributed by atoms with Gasteiger partial charge in [0, 0.05) is 49.9 Å². The van der Waals surface area contributed by atoms with Gasteiger partial charge in [0.2, 0.25) is 5.91 Å². The predicted octanol–water partition coefficient (Wildman–Crippen LogP) is 3.70. The second-order valence-corrected chi connectivity index (χ2v) is 8.54. The van der Waals surface area contributed by atoms with Crippen LogP contribution in [-0.2, 0) is 17.6 Å². The number of fused-ring (bicyclic) bond motifs is 2. The fraction of sp³-hybridized carbons (Fsp3) is 0.333. The Hall–Kier alpha value is -2.15. The zero-order valence-corrected chi connectivity index (χ0v) is 17.0. The van der Waals surface area contributed by atoms with Gasteiger partial charge < -0.3 is 4.90 Å². The van der Waals surface area contributed by atoms with E-state index in [1.807, 2.05) is 6.07 Å². The van der Waals surface area contributed by atoms with Crippen LogP contribution in [0.1, 0.15) is 11.1 Å². The highest BCUT2D eigenvalue weighted by atomic mass is 35.5. The summed E-state index contributed by atoms with van der Waals surface area (Å²) in [6.07, 6.45) is 1.40. The van der Waals surface area contributed by atoms with Gasteiger partial charge in [0.25, 0.3) is 0 Å². The first-order valence-corrected chi connectivity index (χ1v) is 10.7. The number of amides is 1. The molecule has 144 valence electrons. The molecule has 7 heteroatoms. The van der Waals surface area contributed by atoms with E-state index in [0.29, 0.717) is 6.42 Å². The van der Waals surface area contributed by atoms with Gasteiger partial charge in [0.05, 0.1) is 16.8 Å². The minimum atomic E-state index is -0.0421. The maximum atomic E-state index is 11.7. The molecule has 0 saturated carbocycles. The van der Waals surface area contributed by atoms with E-state index < -0.39 is 0 Å². The van der Waals surface area contributed by atoms with Crippen molar-refractivity contribution < 1.29 is 4.79 Å². The van der Waals surface area contributed by atoms with E-state index in [1.165, 1.54) is 20.1 Å². The first-order valence-electron chi connectivity index (χ1n) is 9.61. The number of nitrogens with zero attached hydrogens (tertiary/aromatic N) is 4. The van der Waals surface area contributed by atoms with Crippen molar-refractivity contribution in [2.24, 2.45) is 0 Å². The SMILES string of the molecule is O=C1Cc2cc(CCN3CCN(c4nsc5ccccc45)CC3)ccc2N1Cl. The maximum absolute atomic E-state index is 11.7. The molecule has 1 fully saturated rings. The van der Waals surface area contributed by atoms with Crippen molar-refractivity contribution >= 4 is 50.8 Å². The molecular weight excluding hydrogens is 392 g/mol. The Kier molecular flexibility index (Phi) is 4.70. The highest BCUT2D eigenvalue weighted by molar-refractivity contribution is 7.13. The Labute approximate surface area is 173 Å². The van der Waals surface area contributed by atoms with Crippen molar-refractivity contribution in [1.29, 1.82) is 0 Å². The largest absolute Gasteiger partial charge is 0.353 e. The third-order valence-electron chi connectivity index (χ3n) is 5.66.